The van der Waals surface area contributed by atoms with Gasteiger partial charge in [0.2, 0.25) is 0 Å². The summed E-state index contributed by atoms with van der Waals surface area (Å²) in [5.41, 5.74) is 1.90. The van der Waals surface area contributed by atoms with Crippen LogP contribution in [0.1, 0.15) is 26.3 Å². The lowest BCUT2D eigenvalue weighted by atomic mass is 10.2. The van der Waals surface area contributed by atoms with Crippen LogP contribution >= 0.6 is 0 Å². The number of anilines is 1. The summed E-state index contributed by atoms with van der Waals surface area (Å²) >= 11 is 0. The molecule has 0 unspecified atom stereocenters. The van der Waals surface area contributed by atoms with Crippen molar-refractivity contribution in [3.05, 3.63) is 29.8 Å². The largest absolute Gasteiger partial charge is 0.369 e. The molecule has 0 aliphatic carbocycles. The monoisotopic (exact) mass is 188 g/mol. The van der Waals surface area contributed by atoms with Gasteiger partial charge in [0.25, 0.3) is 0 Å². The third-order valence-electron chi connectivity index (χ3n) is 2.29. The summed E-state index contributed by atoms with van der Waals surface area (Å²) in [6.45, 7) is 7.46. The van der Waals surface area contributed by atoms with Gasteiger partial charge in [0.1, 0.15) is 0 Å². The van der Waals surface area contributed by atoms with Crippen LogP contribution in [0.4, 0.5) is 5.69 Å². The van der Waals surface area contributed by atoms with Crippen LogP contribution < -0.4 is 4.90 Å². The maximum Gasteiger partial charge on any atom is 0.0991 e. The number of rotatable bonds is 3. The van der Waals surface area contributed by atoms with Crippen LogP contribution in [-0.4, -0.2) is 12.6 Å². The Morgan fingerprint density at radius 2 is 1.86 bits per heavy atom. The fraction of sp³-hybridized carbons (Fsp3) is 0.417. The van der Waals surface area contributed by atoms with E-state index >= 15 is 0 Å². The van der Waals surface area contributed by atoms with Gasteiger partial charge < -0.3 is 4.90 Å². The van der Waals surface area contributed by atoms with E-state index in [9.17, 15) is 0 Å². The van der Waals surface area contributed by atoms with Gasteiger partial charge in [0, 0.05) is 18.3 Å². The smallest absolute Gasteiger partial charge is 0.0991 e. The van der Waals surface area contributed by atoms with E-state index in [-0.39, 0.29) is 0 Å². The predicted octanol–water partition coefficient (Wildman–Crippen LogP) is 2.79. The van der Waals surface area contributed by atoms with Gasteiger partial charge in [0.05, 0.1) is 11.6 Å². The Kier molecular flexibility index (Phi) is 3.53. The van der Waals surface area contributed by atoms with Gasteiger partial charge >= 0.3 is 0 Å². The maximum atomic E-state index is 8.67. The van der Waals surface area contributed by atoms with E-state index in [0.717, 1.165) is 6.54 Å². The van der Waals surface area contributed by atoms with Gasteiger partial charge in [-0.05, 0) is 45.0 Å². The summed E-state index contributed by atoms with van der Waals surface area (Å²) in [6, 6.07) is 10.3. The molecule has 0 bridgehead atoms. The normalized spacial score (nSPS) is 9.93. The molecular weight excluding hydrogens is 172 g/mol. The van der Waals surface area contributed by atoms with Crippen molar-refractivity contribution in [2.75, 3.05) is 11.4 Å². The fourth-order valence-corrected chi connectivity index (χ4v) is 1.57. The number of nitrogens with zero attached hydrogens (tertiary/aromatic N) is 2. The minimum atomic E-state index is 0.493. The number of hydrogen-bond donors (Lipinski definition) is 0. The molecule has 0 heterocycles. The first-order valence-electron chi connectivity index (χ1n) is 4.95. The zero-order chi connectivity index (χ0) is 10.6. The summed E-state index contributed by atoms with van der Waals surface area (Å²) in [5.74, 6) is 0. The maximum absolute atomic E-state index is 8.67. The third kappa shape index (κ3) is 2.26. The van der Waals surface area contributed by atoms with Crippen molar-refractivity contribution in [3.63, 3.8) is 0 Å². The highest BCUT2D eigenvalue weighted by molar-refractivity contribution is 5.50. The number of nitriles is 1. The second kappa shape index (κ2) is 4.66. The molecule has 0 N–H and O–H groups in total. The van der Waals surface area contributed by atoms with Crippen molar-refractivity contribution < 1.29 is 0 Å². The highest BCUT2D eigenvalue weighted by Gasteiger charge is 2.07. The van der Waals surface area contributed by atoms with E-state index in [1.807, 2.05) is 24.3 Å². The second-order valence-electron chi connectivity index (χ2n) is 3.54. The van der Waals surface area contributed by atoms with E-state index in [0.29, 0.717) is 11.6 Å². The Hall–Kier alpha value is -1.49. The number of hydrogen-bond acceptors (Lipinski definition) is 2. The van der Waals surface area contributed by atoms with Crippen molar-refractivity contribution >= 4 is 5.69 Å². The molecule has 0 spiro atoms. The Labute approximate surface area is 85.8 Å². The molecule has 0 amide bonds. The van der Waals surface area contributed by atoms with E-state index in [1.165, 1.54) is 5.69 Å². The van der Waals surface area contributed by atoms with E-state index in [2.05, 4.69) is 31.7 Å². The van der Waals surface area contributed by atoms with E-state index in [1.54, 1.807) is 0 Å². The lowest BCUT2D eigenvalue weighted by molar-refractivity contribution is 0.704. The highest BCUT2D eigenvalue weighted by Crippen LogP contribution is 2.17. The van der Waals surface area contributed by atoms with Crippen LogP contribution in [0.2, 0.25) is 0 Å². The van der Waals surface area contributed by atoms with Crippen molar-refractivity contribution in [1.82, 2.24) is 0 Å². The quantitative estimate of drug-likeness (QED) is 0.729. The molecule has 0 aromatic heterocycles. The van der Waals surface area contributed by atoms with Crippen LogP contribution in [-0.2, 0) is 0 Å². The molecule has 0 saturated heterocycles. The Bertz CT molecular complexity index is 319. The van der Waals surface area contributed by atoms with Crippen LogP contribution in [0, 0.1) is 11.3 Å². The van der Waals surface area contributed by atoms with Crippen molar-refractivity contribution in [1.29, 1.82) is 5.26 Å². The van der Waals surface area contributed by atoms with Gasteiger partial charge in [0.15, 0.2) is 0 Å². The molecule has 1 aromatic rings. The predicted molar refractivity (Wildman–Crippen MR) is 59.3 cm³/mol. The van der Waals surface area contributed by atoms with E-state index in [4.69, 9.17) is 5.26 Å². The molecule has 1 aromatic carbocycles. The zero-order valence-electron chi connectivity index (χ0n) is 8.99. The molecule has 0 fully saturated rings. The Morgan fingerprint density at radius 3 is 2.21 bits per heavy atom. The van der Waals surface area contributed by atoms with Crippen molar-refractivity contribution in [2.24, 2.45) is 0 Å². The van der Waals surface area contributed by atoms with Crippen LogP contribution in [0.25, 0.3) is 0 Å². The molecule has 2 heteroatoms. The average molecular weight is 188 g/mol. The lowest BCUT2D eigenvalue weighted by Gasteiger charge is -2.27. The van der Waals surface area contributed by atoms with Gasteiger partial charge in [-0.3, -0.25) is 0 Å². The summed E-state index contributed by atoms with van der Waals surface area (Å²) in [4.78, 5) is 2.29. The zero-order valence-corrected chi connectivity index (χ0v) is 8.99. The molecule has 2 nitrogen and oxygen atoms in total. The molecule has 0 atom stereocenters. The van der Waals surface area contributed by atoms with Crippen LogP contribution in [0.5, 0.6) is 0 Å². The fourth-order valence-electron chi connectivity index (χ4n) is 1.57. The summed E-state index contributed by atoms with van der Waals surface area (Å²) in [6.07, 6.45) is 0. The minimum absolute atomic E-state index is 0.493. The second-order valence-corrected chi connectivity index (χ2v) is 3.54. The van der Waals surface area contributed by atoms with Gasteiger partial charge in [-0.25, -0.2) is 0 Å². The van der Waals surface area contributed by atoms with Gasteiger partial charge in [-0.2, -0.15) is 5.26 Å². The standard InChI is InChI=1S/C12H16N2/c1-4-14(10(2)3)12-7-5-11(9-13)6-8-12/h5-8,10H,4H2,1-3H3. The topological polar surface area (TPSA) is 27.0 Å². The molecule has 74 valence electrons. The molecule has 0 aliphatic rings. The summed E-state index contributed by atoms with van der Waals surface area (Å²) < 4.78 is 0. The van der Waals surface area contributed by atoms with Gasteiger partial charge in [-0.15, -0.1) is 0 Å². The molecule has 1 rings (SSSR count). The minimum Gasteiger partial charge on any atom is -0.369 e. The number of benzene rings is 1. The molecule has 0 saturated carbocycles. The molecule has 14 heavy (non-hydrogen) atoms. The molecular formula is C12H16N2. The third-order valence-corrected chi connectivity index (χ3v) is 2.29. The van der Waals surface area contributed by atoms with Crippen LogP contribution in [0.3, 0.4) is 0 Å². The molecule has 0 radical (unpaired) electrons. The lowest BCUT2D eigenvalue weighted by Crippen LogP contribution is -2.30. The SMILES string of the molecule is CCN(c1ccc(C#N)cc1)C(C)C. The van der Waals surface area contributed by atoms with Crippen molar-refractivity contribution in [2.45, 2.75) is 26.8 Å². The first kappa shape index (κ1) is 10.6. The Morgan fingerprint density at radius 1 is 1.29 bits per heavy atom. The molecule has 0 aliphatic heterocycles. The van der Waals surface area contributed by atoms with Crippen LogP contribution in [0.15, 0.2) is 24.3 Å². The first-order valence-corrected chi connectivity index (χ1v) is 4.95. The Balaban J connectivity index is 2.90. The van der Waals surface area contributed by atoms with E-state index < -0.39 is 0 Å². The average Bonchev–Trinajstić information content (AvgIpc) is 2.19. The van der Waals surface area contributed by atoms with Gasteiger partial charge in [-0.1, -0.05) is 0 Å². The summed E-state index contributed by atoms with van der Waals surface area (Å²) in [5, 5.41) is 8.67. The summed E-state index contributed by atoms with van der Waals surface area (Å²) in [7, 11) is 0. The first-order chi connectivity index (χ1) is 6.69. The van der Waals surface area contributed by atoms with Crippen molar-refractivity contribution in [3.8, 4) is 6.07 Å². The highest BCUT2D eigenvalue weighted by atomic mass is 15.1.